The third-order valence-electron chi connectivity index (χ3n) is 3.27. The van der Waals surface area contributed by atoms with Gasteiger partial charge in [-0.25, -0.2) is 0 Å². The molecule has 1 amide bonds. The van der Waals surface area contributed by atoms with E-state index in [9.17, 15) is 14.9 Å². The predicted octanol–water partition coefficient (Wildman–Crippen LogP) is 1.91. The summed E-state index contributed by atoms with van der Waals surface area (Å²) in [5, 5.41) is 13.3. The summed E-state index contributed by atoms with van der Waals surface area (Å²) in [4.78, 5) is 24.5. The molecule has 1 aromatic carbocycles. The van der Waals surface area contributed by atoms with Gasteiger partial charge in [-0.3, -0.25) is 14.9 Å². The summed E-state index contributed by atoms with van der Waals surface area (Å²) in [7, 11) is 3.12. The normalized spacial score (nSPS) is 10.2. The van der Waals surface area contributed by atoms with Gasteiger partial charge < -0.3 is 19.8 Å². The van der Waals surface area contributed by atoms with Crippen LogP contribution in [0.2, 0.25) is 0 Å². The molecule has 0 fully saturated rings. The highest BCUT2D eigenvalue weighted by atomic mass is 16.6. The first-order valence-corrected chi connectivity index (χ1v) is 6.87. The molecule has 0 atom stereocenters. The lowest BCUT2D eigenvalue weighted by Gasteiger charge is -2.10. The molecule has 0 aliphatic heterocycles. The molecule has 0 radical (unpaired) electrons. The summed E-state index contributed by atoms with van der Waals surface area (Å²) in [6, 6.07) is 6.72. The molecule has 0 saturated heterocycles. The van der Waals surface area contributed by atoms with E-state index in [-0.39, 0.29) is 11.4 Å². The largest absolute Gasteiger partial charge is 0.493 e. The molecule has 1 aromatic heterocycles. The van der Waals surface area contributed by atoms with E-state index in [4.69, 9.17) is 9.47 Å². The minimum absolute atomic E-state index is 0.143. The van der Waals surface area contributed by atoms with Crippen LogP contribution in [0.4, 0.5) is 5.69 Å². The van der Waals surface area contributed by atoms with Crippen LogP contribution in [0.25, 0.3) is 0 Å². The number of carbonyl (C=O) groups is 1. The van der Waals surface area contributed by atoms with Crippen molar-refractivity contribution in [3.8, 4) is 11.5 Å². The van der Waals surface area contributed by atoms with Crippen LogP contribution in [0.15, 0.2) is 30.5 Å². The van der Waals surface area contributed by atoms with Gasteiger partial charge in [-0.05, 0) is 24.1 Å². The molecule has 0 bridgehead atoms. The smallest absolute Gasteiger partial charge is 0.287 e. The van der Waals surface area contributed by atoms with E-state index in [1.165, 1.54) is 12.3 Å². The van der Waals surface area contributed by atoms with Crippen molar-refractivity contribution in [2.75, 3.05) is 20.8 Å². The quantitative estimate of drug-likeness (QED) is 0.599. The number of aromatic amines is 1. The Hall–Kier alpha value is -3.03. The molecule has 2 N–H and O–H groups in total. The Morgan fingerprint density at radius 2 is 2.00 bits per heavy atom. The Balaban J connectivity index is 1.91. The molecule has 0 aliphatic rings. The van der Waals surface area contributed by atoms with E-state index in [2.05, 4.69) is 10.3 Å². The summed E-state index contributed by atoms with van der Waals surface area (Å²) < 4.78 is 10.4. The first kappa shape index (κ1) is 16.3. The Bertz CT molecular complexity index is 711. The average Bonchev–Trinajstić information content (AvgIpc) is 3.05. The average molecular weight is 319 g/mol. The number of nitrogens with zero attached hydrogens (tertiary/aromatic N) is 1. The Morgan fingerprint density at radius 3 is 2.61 bits per heavy atom. The fraction of sp³-hybridized carbons (Fsp3) is 0.267. The number of nitro groups is 1. The zero-order chi connectivity index (χ0) is 16.8. The van der Waals surface area contributed by atoms with E-state index in [0.29, 0.717) is 24.5 Å². The highest BCUT2D eigenvalue weighted by Gasteiger charge is 2.14. The highest BCUT2D eigenvalue weighted by molar-refractivity contribution is 5.93. The van der Waals surface area contributed by atoms with Gasteiger partial charge in [0.1, 0.15) is 5.69 Å². The summed E-state index contributed by atoms with van der Waals surface area (Å²) in [5.74, 6) is 0.869. The maximum absolute atomic E-state index is 11.9. The molecule has 23 heavy (non-hydrogen) atoms. The summed E-state index contributed by atoms with van der Waals surface area (Å²) in [6.45, 7) is 0.390. The number of hydrogen-bond donors (Lipinski definition) is 2. The molecule has 2 aromatic rings. The summed E-state index contributed by atoms with van der Waals surface area (Å²) in [5.41, 5.74) is 0.986. The van der Waals surface area contributed by atoms with Crippen LogP contribution in [0, 0.1) is 10.1 Å². The van der Waals surface area contributed by atoms with Crippen molar-refractivity contribution >= 4 is 11.6 Å². The Kier molecular flexibility index (Phi) is 5.19. The third-order valence-corrected chi connectivity index (χ3v) is 3.27. The standard InChI is InChI=1S/C15H17N3O5/c1-22-13-4-3-10(7-14(13)23-2)5-6-16-15(19)12-8-11(9-17-12)18(20)21/h3-4,7-9,17H,5-6H2,1-2H3,(H,16,19). The van der Waals surface area contributed by atoms with Crippen LogP contribution in [-0.2, 0) is 6.42 Å². The van der Waals surface area contributed by atoms with Gasteiger partial charge in [-0.15, -0.1) is 0 Å². The van der Waals surface area contributed by atoms with Crippen LogP contribution in [-0.4, -0.2) is 36.6 Å². The number of carbonyl (C=O) groups excluding carboxylic acids is 1. The zero-order valence-electron chi connectivity index (χ0n) is 12.8. The maximum Gasteiger partial charge on any atom is 0.287 e. The van der Waals surface area contributed by atoms with Gasteiger partial charge in [0.2, 0.25) is 0 Å². The van der Waals surface area contributed by atoms with Crippen molar-refractivity contribution in [1.82, 2.24) is 10.3 Å². The zero-order valence-corrected chi connectivity index (χ0v) is 12.8. The molecule has 0 saturated carbocycles. The molecule has 0 unspecified atom stereocenters. The van der Waals surface area contributed by atoms with Crippen molar-refractivity contribution in [2.45, 2.75) is 6.42 Å². The monoisotopic (exact) mass is 319 g/mol. The second-order valence-corrected chi connectivity index (χ2v) is 4.72. The molecule has 1 heterocycles. The van der Waals surface area contributed by atoms with Gasteiger partial charge in [-0.1, -0.05) is 6.07 Å². The number of methoxy groups -OCH3 is 2. The van der Waals surface area contributed by atoms with Gasteiger partial charge in [0.15, 0.2) is 11.5 Å². The van der Waals surface area contributed by atoms with Crippen LogP contribution < -0.4 is 14.8 Å². The number of H-pyrrole nitrogens is 1. The lowest BCUT2D eigenvalue weighted by molar-refractivity contribution is -0.384. The lowest BCUT2D eigenvalue weighted by atomic mass is 10.1. The van der Waals surface area contributed by atoms with E-state index >= 15 is 0 Å². The summed E-state index contributed by atoms with van der Waals surface area (Å²) >= 11 is 0. The van der Waals surface area contributed by atoms with Gasteiger partial charge in [0, 0.05) is 12.6 Å². The molecule has 0 spiro atoms. The van der Waals surface area contributed by atoms with Crippen molar-refractivity contribution in [3.63, 3.8) is 0 Å². The molecule has 2 rings (SSSR count). The number of rotatable bonds is 7. The Morgan fingerprint density at radius 1 is 1.26 bits per heavy atom. The van der Waals surface area contributed by atoms with Crippen LogP contribution >= 0.6 is 0 Å². The Labute approximate surface area is 132 Å². The second kappa shape index (κ2) is 7.30. The fourth-order valence-electron chi connectivity index (χ4n) is 2.07. The van der Waals surface area contributed by atoms with Crippen LogP contribution in [0.5, 0.6) is 11.5 Å². The van der Waals surface area contributed by atoms with Gasteiger partial charge in [0.05, 0.1) is 25.3 Å². The van der Waals surface area contributed by atoms with Gasteiger partial charge in [0.25, 0.3) is 11.6 Å². The summed E-state index contributed by atoms with van der Waals surface area (Å²) in [6.07, 6.45) is 1.78. The lowest BCUT2D eigenvalue weighted by Crippen LogP contribution is -2.25. The number of aromatic nitrogens is 1. The van der Waals surface area contributed by atoms with Crippen molar-refractivity contribution in [3.05, 3.63) is 51.8 Å². The minimum atomic E-state index is -0.559. The molecule has 8 heteroatoms. The maximum atomic E-state index is 11.9. The predicted molar refractivity (Wildman–Crippen MR) is 83.0 cm³/mol. The van der Waals surface area contributed by atoms with Crippen molar-refractivity contribution < 1.29 is 19.2 Å². The van der Waals surface area contributed by atoms with Crippen molar-refractivity contribution in [1.29, 1.82) is 0 Å². The fourth-order valence-corrected chi connectivity index (χ4v) is 2.07. The first-order valence-electron chi connectivity index (χ1n) is 6.87. The number of ether oxygens (including phenoxy) is 2. The molecular formula is C15H17N3O5. The number of hydrogen-bond acceptors (Lipinski definition) is 5. The number of benzene rings is 1. The molecule has 8 nitrogen and oxygen atoms in total. The minimum Gasteiger partial charge on any atom is -0.493 e. The number of amides is 1. The van der Waals surface area contributed by atoms with Gasteiger partial charge in [-0.2, -0.15) is 0 Å². The molecular weight excluding hydrogens is 302 g/mol. The topological polar surface area (TPSA) is 106 Å². The molecule has 0 aliphatic carbocycles. The van der Waals surface area contributed by atoms with E-state index < -0.39 is 10.8 Å². The van der Waals surface area contributed by atoms with E-state index in [1.54, 1.807) is 20.3 Å². The van der Waals surface area contributed by atoms with E-state index in [1.807, 2.05) is 12.1 Å². The van der Waals surface area contributed by atoms with Crippen LogP contribution in [0.1, 0.15) is 16.1 Å². The second-order valence-electron chi connectivity index (χ2n) is 4.72. The molecule has 122 valence electrons. The highest BCUT2D eigenvalue weighted by Crippen LogP contribution is 2.27. The van der Waals surface area contributed by atoms with Crippen LogP contribution in [0.3, 0.4) is 0 Å². The number of nitrogens with one attached hydrogen (secondary N) is 2. The van der Waals surface area contributed by atoms with Crippen molar-refractivity contribution in [2.24, 2.45) is 0 Å². The van der Waals surface area contributed by atoms with E-state index in [0.717, 1.165) is 5.56 Å². The SMILES string of the molecule is COc1ccc(CCNC(=O)c2cc([N+](=O)[O-])c[nH]2)cc1OC. The van der Waals surface area contributed by atoms with Gasteiger partial charge >= 0.3 is 0 Å². The first-order chi connectivity index (χ1) is 11.0. The third kappa shape index (κ3) is 4.00.